The highest BCUT2D eigenvalue weighted by molar-refractivity contribution is 5.95. The monoisotopic (exact) mass is 504 g/mol. The number of imidazole rings is 1. The lowest BCUT2D eigenvalue weighted by Gasteiger charge is -2.24. The molecule has 1 aliphatic carbocycles. The van der Waals surface area contributed by atoms with Crippen molar-refractivity contribution in [2.75, 3.05) is 5.32 Å². The third-order valence-corrected chi connectivity index (χ3v) is 6.95. The molecule has 0 bridgehead atoms. The number of carbonyl (C=O) groups excluding carboxylic acids is 1. The Labute approximate surface area is 215 Å². The van der Waals surface area contributed by atoms with Crippen molar-refractivity contribution in [3.05, 3.63) is 72.9 Å². The molecule has 0 radical (unpaired) electrons. The van der Waals surface area contributed by atoms with Gasteiger partial charge in [0, 0.05) is 29.4 Å². The lowest BCUT2D eigenvalue weighted by atomic mass is 9.85. The number of anilines is 1. The van der Waals surface area contributed by atoms with Crippen molar-refractivity contribution in [3.8, 4) is 33.9 Å². The van der Waals surface area contributed by atoms with Crippen molar-refractivity contribution >= 4 is 33.8 Å². The van der Waals surface area contributed by atoms with Gasteiger partial charge in [0.2, 0.25) is 5.91 Å². The lowest BCUT2D eigenvalue weighted by molar-refractivity contribution is -0.122. The van der Waals surface area contributed by atoms with Crippen LogP contribution in [0.5, 0.6) is 0 Å². The van der Waals surface area contributed by atoms with Crippen LogP contribution in [0, 0.1) is 11.7 Å². The Morgan fingerprint density at radius 3 is 2.66 bits per heavy atom. The number of hydrogen-bond acceptors (Lipinski definition) is 6. The fourth-order valence-corrected chi connectivity index (χ4v) is 4.67. The van der Waals surface area contributed by atoms with E-state index in [9.17, 15) is 9.18 Å². The van der Waals surface area contributed by atoms with Gasteiger partial charge in [-0.05, 0) is 54.8 Å². The van der Waals surface area contributed by atoms with Crippen LogP contribution in [-0.4, -0.2) is 41.0 Å². The molecule has 3 N–H and O–H groups in total. The first-order valence-electron chi connectivity index (χ1n) is 12.3. The van der Waals surface area contributed by atoms with Crippen LogP contribution in [-0.2, 0) is 4.79 Å². The molecule has 0 spiro atoms. The van der Waals surface area contributed by atoms with Crippen molar-refractivity contribution in [2.24, 2.45) is 5.92 Å². The molecule has 5 aromatic heterocycles. The zero-order valence-electron chi connectivity index (χ0n) is 20.1. The highest BCUT2D eigenvalue weighted by Gasteiger charge is 2.25. The van der Waals surface area contributed by atoms with E-state index in [-0.39, 0.29) is 17.6 Å². The summed E-state index contributed by atoms with van der Waals surface area (Å²) in [6, 6.07) is 13.8. The zero-order chi connectivity index (χ0) is 25.6. The second kappa shape index (κ2) is 8.84. The van der Waals surface area contributed by atoms with E-state index in [1.807, 2.05) is 24.3 Å². The number of rotatable bonds is 5. The number of aromatic amines is 2. The number of H-pyrrole nitrogens is 2. The van der Waals surface area contributed by atoms with Gasteiger partial charge in [-0.25, -0.2) is 19.3 Å². The topological polar surface area (TPSA) is 125 Å². The maximum Gasteiger partial charge on any atom is 0.227 e. The maximum atomic E-state index is 13.5. The highest BCUT2D eigenvalue weighted by atomic mass is 19.1. The third kappa shape index (κ3) is 3.86. The number of nitrogens with one attached hydrogen (secondary N) is 3. The molecule has 9 nitrogen and oxygen atoms in total. The summed E-state index contributed by atoms with van der Waals surface area (Å²) in [5.41, 5.74) is 6.95. The molecule has 10 heteroatoms. The second-order valence-electron chi connectivity index (χ2n) is 9.39. The van der Waals surface area contributed by atoms with Gasteiger partial charge in [0.05, 0.1) is 23.1 Å². The fourth-order valence-electron chi connectivity index (χ4n) is 4.67. The number of benzene rings is 1. The average Bonchev–Trinajstić information content (AvgIpc) is 3.52. The summed E-state index contributed by atoms with van der Waals surface area (Å²) < 4.78 is 13.5. The Morgan fingerprint density at radius 1 is 0.974 bits per heavy atom. The molecule has 1 aliphatic rings. The molecule has 0 unspecified atom stereocenters. The van der Waals surface area contributed by atoms with Crippen LogP contribution in [0.2, 0.25) is 0 Å². The number of halogens is 1. The highest BCUT2D eigenvalue weighted by Crippen LogP contribution is 2.32. The Balaban J connectivity index is 1.26. The van der Waals surface area contributed by atoms with Crippen LogP contribution in [0.25, 0.3) is 56.1 Å². The van der Waals surface area contributed by atoms with E-state index in [4.69, 9.17) is 9.97 Å². The first-order valence-corrected chi connectivity index (χ1v) is 12.3. The zero-order valence-corrected chi connectivity index (χ0v) is 20.1. The van der Waals surface area contributed by atoms with Crippen molar-refractivity contribution in [1.29, 1.82) is 0 Å². The van der Waals surface area contributed by atoms with E-state index in [2.05, 4.69) is 30.5 Å². The number of aromatic nitrogens is 7. The molecule has 38 heavy (non-hydrogen) atoms. The Kier molecular flexibility index (Phi) is 5.17. The van der Waals surface area contributed by atoms with Gasteiger partial charge in [-0.1, -0.05) is 18.6 Å². The molecule has 0 saturated heterocycles. The van der Waals surface area contributed by atoms with Crippen molar-refractivity contribution in [2.45, 2.75) is 19.3 Å². The number of pyridine rings is 3. The number of fused-ring (bicyclic) bond motifs is 2. The number of nitrogens with zero attached hydrogens (tertiary/aromatic N) is 5. The summed E-state index contributed by atoms with van der Waals surface area (Å²) in [7, 11) is 0. The molecule has 186 valence electrons. The van der Waals surface area contributed by atoms with Gasteiger partial charge < -0.3 is 10.3 Å². The lowest BCUT2D eigenvalue weighted by Crippen LogP contribution is -2.28. The molecule has 0 aliphatic heterocycles. The minimum atomic E-state index is -0.298. The van der Waals surface area contributed by atoms with Gasteiger partial charge in [-0.2, -0.15) is 5.10 Å². The first-order chi connectivity index (χ1) is 18.6. The molecule has 0 atom stereocenters. The smallest absolute Gasteiger partial charge is 0.227 e. The molecule has 5 heterocycles. The van der Waals surface area contributed by atoms with Crippen LogP contribution in [0.4, 0.5) is 10.1 Å². The SMILES string of the molecule is O=C(Nc1cncc(-c2ccc3[nH]nc(-c4nc5c(-c6ccc(F)cc6)ccnc5[nH]4)c3n2)c1)C1CCC1. The van der Waals surface area contributed by atoms with Crippen LogP contribution in [0.1, 0.15) is 19.3 Å². The summed E-state index contributed by atoms with van der Waals surface area (Å²) in [6.45, 7) is 0. The van der Waals surface area contributed by atoms with E-state index < -0.39 is 0 Å². The second-order valence-corrected chi connectivity index (χ2v) is 9.39. The summed E-state index contributed by atoms with van der Waals surface area (Å²) >= 11 is 0. The first kappa shape index (κ1) is 22.2. The summed E-state index contributed by atoms with van der Waals surface area (Å²) in [4.78, 5) is 34.0. The predicted octanol–water partition coefficient (Wildman–Crippen LogP) is 5.50. The molecule has 6 aromatic rings. The molecule has 1 fully saturated rings. The van der Waals surface area contributed by atoms with E-state index in [0.29, 0.717) is 39.6 Å². The van der Waals surface area contributed by atoms with Crippen LogP contribution < -0.4 is 5.32 Å². The van der Waals surface area contributed by atoms with Gasteiger partial charge in [0.1, 0.15) is 16.9 Å². The van der Waals surface area contributed by atoms with Crippen molar-refractivity contribution < 1.29 is 9.18 Å². The van der Waals surface area contributed by atoms with Crippen LogP contribution in [0.3, 0.4) is 0 Å². The van der Waals surface area contributed by atoms with Gasteiger partial charge in [0.15, 0.2) is 17.2 Å². The minimum Gasteiger partial charge on any atom is -0.324 e. The van der Waals surface area contributed by atoms with Crippen molar-refractivity contribution in [3.63, 3.8) is 0 Å². The van der Waals surface area contributed by atoms with E-state index in [0.717, 1.165) is 41.5 Å². The van der Waals surface area contributed by atoms with Gasteiger partial charge in [-0.3, -0.25) is 14.9 Å². The third-order valence-electron chi connectivity index (χ3n) is 6.95. The Morgan fingerprint density at radius 2 is 1.84 bits per heavy atom. The Hall–Kier alpha value is -4.99. The predicted molar refractivity (Wildman–Crippen MR) is 141 cm³/mol. The summed E-state index contributed by atoms with van der Waals surface area (Å²) in [6.07, 6.45) is 8.01. The molecule has 7 rings (SSSR count). The minimum absolute atomic E-state index is 0.0363. The maximum absolute atomic E-state index is 13.5. The van der Waals surface area contributed by atoms with E-state index in [1.54, 1.807) is 30.7 Å². The summed E-state index contributed by atoms with van der Waals surface area (Å²) in [5, 5.41) is 10.5. The Bertz CT molecular complexity index is 1820. The van der Waals surface area contributed by atoms with Crippen molar-refractivity contribution in [1.82, 2.24) is 35.1 Å². The molecular formula is C28H21FN8O. The number of hydrogen-bond donors (Lipinski definition) is 3. The van der Waals surface area contributed by atoms with E-state index in [1.165, 1.54) is 12.1 Å². The fraction of sp³-hybridized carbons (Fsp3) is 0.143. The standard InChI is InChI=1S/C28H21FN8O/c29-18-6-4-15(5-7-18)20-10-11-31-26-23(20)34-27(35-26)25-24-22(36-37-25)9-8-21(33-24)17-12-19(14-30-13-17)32-28(38)16-2-1-3-16/h4-14,16H,1-3H2,(H,32,38)(H,36,37)(H,31,34,35). The summed E-state index contributed by atoms with van der Waals surface area (Å²) in [5.74, 6) is 0.337. The number of amides is 1. The molecule has 1 saturated carbocycles. The number of carbonyl (C=O) groups is 1. The van der Waals surface area contributed by atoms with Crippen LogP contribution >= 0.6 is 0 Å². The largest absolute Gasteiger partial charge is 0.324 e. The van der Waals surface area contributed by atoms with Crippen LogP contribution in [0.15, 0.2) is 67.1 Å². The quantitative estimate of drug-likeness (QED) is 0.285. The molecule has 1 amide bonds. The average molecular weight is 505 g/mol. The normalized spacial score (nSPS) is 13.6. The molecular weight excluding hydrogens is 483 g/mol. The van der Waals surface area contributed by atoms with Gasteiger partial charge >= 0.3 is 0 Å². The van der Waals surface area contributed by atoms with Gasteiger partial charge in [0.25, 0.3) is 0 Å². The van der Waals surface area contributed by atoms with E-state index >= 15 is 0 Å². The van der Waals surface area contributed by atoms with Gasteiger partial charge in [-0.15, -0.1) is 0 Å². The molecule has 1 aromatic carbocycles.